The molecule has 1 aromatic rings. The highest BCUT2D eigenvalue weighted by atomic mass is 35.5. The third kappa shape index (κ3) is 3.89. The maximum Gasteiger partial charge on any atom is 0.310 e. The Morgan fingerprint density at radius 3 is 2.38 bits per heavy atom. The molecule has 2 rings (SSSR count). The number of anilines is 1. The normalized spacial score (nSPS) is 17.2. The molecule has 0 unspecified atom stereocenters. The van der Waals surface area contributed by atoms with Crippen molar-refractivity contribution in [2.75, 3.05) is 5.32 Å². The molecule has 4 nitrogen and oxygen atoms in total. The Bertz CT molecular complexity index is 554. The van der Waals surface area contributed by atoms with Crippen LogP contribution < -0.4 is 5.32 Å². The fraction of sp³-hybridized carbons (Fsp3) is 0.467. The predicted octanol–water partition coefficient (Wildman–Crippen LogP) is 4.36. The van der Waals surface area contributed by atoms with Crippen LogP contribution in [-0.2, 0) is 9.59 Å². The lowest BCUT2D eigenvalue weighted by atomic mass is 9.71. The summed E-state index contributed by atoms with van der Waals surface area (Å²) in [5.41, 5.74) is -0.413. The summed E-state index contributed by atoms with van der Waals surface area (Å²) in [5, 5.41) is 12.9. The predicted molar refractivity (Wildman–Crippen MR) is 82.9 cm³/mol. The first kappa shape index (κ1) is 16.1. The van der Waals surface area contributed by atoms with Gasteiger partial charge in [0.15, 0.2) is 0 Å². The van der Waals surface area contributed by atoms with Crippen molar-refractivity contribution < 1.29 is 14.7 Å². The first-order valence-electron chi connectivity index (χ1n) is 6.91. The zero-order valence-corrected chi connectivity index (χ0v) is 13.0. The fourth-order valence-electron chi connectivity index (χ4n) is 2.78. The smallest absolute Gasteiger partial charge is 0.310 e. The molecule has 0 heterocycles. The van der Waals surface area contributed by atoms with Crippen molar-refractivity contribution in [3.05, 3.63) is 28.2 Å². The summed E-state index contributed by atoms with van der Waals surface area (Å²) in [6.45, 7) is 0. The minimum Gasteiger partial charge on any atom is -0.481 e. The zero-order chi connectivity index (χ0) is 15.5. The van der Waals surface area contributed by atoms with Crippen molar-refractivity contribution in [1.82, 2.24) is 0 Å². The maximum absolute atomic E-state index is 12.1. The molecular weight excluding hydrogens is 313 g/mol. The van der Waals surface area contributed by atoms with E-state index in [9.17, 15) is 14.7 Å². The van der Waals surface area contributed by atoms with Crippen LogP contribution in [0.5, 0.6) is 0 Å². The molecule has 0 radical (unpaired) electrons. The van der Waals surface area contributed by atoms with Gasteiger partial charge in [-0.1, -0.05) is 42.5 Å². The summed E-state index contributed by atoms with van der Waals surface area (Å²) < 4.78 is 0. The molecular formula is C15H17Cl2NO3. The Kier molecular flexibility index (Phi) is 5.12. The summed E-state index contributed by atoms with van der Waals surface area (Å²) in [6.07, 6.45) is 3.83. The van der Waals surface area contributed by atoms with Crippen molar-refractivity contribution in [3.8, 4) is 0 Å². The van der Waals surface area contributed by atoms with E-state index in [0.29, 0.717) is 28.6 Å². The molecule has 1 fully saturated rings. The van der Waals surface area contributed by atoms with E-state index in [0.717, 1.165) is 19.3 Å². The number of hydrogen-bond acceptors (Lipinski definition) is 2. The van der Waals surface area contributed by atoms with E-state index in [1.54, 1.807) is 18.2 Å². The van der Waals surface area contributed by atoms with Crippen LogP contribution in [0.1, 0.15) is 38.5 Å². The first-order valence-corrected chi connectivity index (χ1v) is 7.67. The van der Waals surface area contributed by atoms with Gasteiger partial charge in [0, 0.05) is 12.1 Å². The van der Waals surface area contributed by atoms with Gasteiger partial charge in [-0.15, -0.1) is 0 Å². The zero-order valence-electron chi connectivity index (χ0n) is 11.5. The molecule has 21 heavy (non-hydrogen) atoms. The van der Waals surface area contributed by atoms with E-state index in [-0.39, 0.29) is 12.3 Å². The number of aliphatic carboxylic acids is 1. The van der Waals surface area contributed by atoms with E-state index < -0.39 is 11.4 Å². The number of benzene rings is 1. The van der Waals surface area contributed by atoms with E-state index in [2.05, 4.69) is 5.32 Å². The van der Waals surface area contributed by atoms with Gasteiger partial charge in [0.25, 0.3) is 0 Å². The van der Waals surface area contributed by atoms with Crippen molar-refractivity contribution in [2.45, 2.75) is 38.5 Å². The Balaban J connectivity index is 2.05. The summed E-state index contributed by atoms with van der Waals surface area (Å²) in [7, 11) is 0. The van der Waals surface area contributed by atoms with Crippen LogP contribution >= 0.6 is 23.2 Å². The summed E-state index contributed by atoms with van der Waals surface area (Å²) >= 11 is 11.7. The average Bonchev–Trinajstić information content (AvgIpc) is 2.43. The van der Waals surface area contributed by atoms with Crippen molar-refractivity contribution in [2.24, 2.45) is 5.41 Å². The molecule has 114 valence electrons. The lowest BCUT2D eigenvalue weighted by Gasteiger charge is -2.32. The highest BCUT2D eigenvalue weighted by Crippen LogP contribution is 2.40. The molecule has 1 saturated carbocycles. The highest BCUT2D eigenvalue weighted by Gasteiger charge is 2.41. The second kappa shape index (κ2) is 6.67. The largest absolute Gasteiger partial charge is 0.481 e. The van der Waals surface area contributed by atoms with Gasteiger partial charge in [-0.25, -0.2) is 0 Å². The molecule has 2 N–H and O–H groups in total. The van der Waals surface area contributed by atoms with Crippen LogP contribution in [0.4, 0.5) is 5.69 Å². The molecule has 0 spiro atoms. The minimum atomic E-state index is -0.932. The maximum atomic E-state index is 12.1. The quantitative estimate of drug-likeness (QED) is 0.862. The molecule has 0 atom stereocenters. The van der Waals surface area contributed by atoms with E-state index in [1.165, 1.54) is 0 Å². The molecule has 0 aromatic heterocycles. The van der Waals surface area contributed by atoms with Crippen LogP contribution in [0, 0.1) is 5.41 Å². The van der Waals surface area contributed by atoms with Crippen molar-refractivity contribution in [1.29, 1.82) is 0 Å². The molecule has 1 aliphatic rings. The summed E-state index contributed by atoms with van der Waals surface area (Å²) in [5.74, 6) is -1.19. The topological polar surface area (TPSA) is 66.4 Å². The number of carboxylic acids is 1. The van der Waals surface area contributed by atoms with Gasteiger partial charge in [0.2, 0.25) is 5.91 Å². The number of rotatable bonds is 4. The molecule has 1 aromatic carbocycles. The van der Waals surface area contributed by atoms with Crippen molar-refractivity contribution >= 4 is 40.8 Å². The monoisotopic (exact) mass is 329 g/mol. The minimum absolute atomic E-state index is 0.0113. The Morgan fingerprint density at radius 1 is 1.14 bits per heavy atom. The standard InChI is InChI=1S/C15H17Cl2NO3/c16-11-5-4-10(8-12(11)17)18-13(19)9-15(14(20)21)6-2-1-3-7-15/h4-5,8H,1-3,6-7,9H2,(H,18,19)(H,20,21). The number of nitrogens with one attached hydrogen (secondary N) is 1. The van der Waals surface area contributed by atoms with E-state index >= 15 is 0 Å². The molecule has 0 saturated heterocycles. The second-order valence-electron chi connectivity index (χ2n) is 5.50. The van der Waals surface area contributed by atoms with Gasteiger partial charge < -0.3 is 10.4 Å². The highest BCUT2D eigenvalue weighted by molar-refractivity contribution is 6.42. The van der Waals surface area contributed by atoms with Crippen LogP contribution in [0.3, 0.4) is 0 Å². The van der Waals surface area contributed by atoms with Crippen LogP contribution in [0.15, 0.2) is 18.2 Å². The Morgan fingerprint density at radius 2 is 1.81 bits per heavy atom. The number of amides is 1. The fourth-order valence-corrected chi connectivity index (χ4v) is 3.08. The third-order valence-corrected chi connectivity index (χ3v) is 4.71. The molecule has 6 heteroatoms. The molecule has 0 bridgehead atoms. The number of halogens is 2. The van der Waals surface area contributed by atoms with Gasteiger partial charge in [0.1, 0.15) is 0 Å². The number of carboxylic acid groups (broad SMARTS) is 1. The molecule has 1 amide bonds. The van der Waals surface area contributed by atoms with Crippen LogP contribution in [0.2, 0.25) is 10.0 Å². The average molecular weight is 330 g/mol. The van der Waals surface area contributed by atoms with Gasteiger partial charge in [0.05, 0.1) is 15.5 Å². The second-order valence-corrected chi connectivity index (χ2v) is 6.31. The SMILES string of the molecule is O=C(CC1(C(=O)O)CCCCC1)Nc1ccc(Cl)c(Cl)c1. The van der Waals surface area contributed by atoms with E-state index in [1.807, 2.05) is 0 Å². The Hall–Kier alpha value is -1.26. The first-order chi connectivity index (χ1) is 9.93. The number of carbonyl (C=O) groups excluding carboxylic acids is 1. The molecule has 1 aliphatic carbocycles. The Labute approximate surface area is 133 Å². The van der Waals surface area contributed by atoms with Gasteiger partial charge in [-0.05, 0) is 31.0 Å². The number of hydrogen-bond donors (Lipinski definition) is 2. The van der Waals surface area contributed by atoms with Gasteiger partial charge in [-0.3, -0.25) is 9.59 Å². The van der Waals surface area contributed by atoms with Crippen LogP contribution in [0.25, 0.3) is 0 Å². The van der Waals surface area contributed by atoms with Gasteiger partial charge >= 0.3 is 5.97 Å². The van der Waals surface area contributed by atoms with Crippen LogP contribution in [-0.4, -0.2) is 17.0 Å². The lowest BCUT2D eigenvalue weighted by Crippen LogP contribution is -2.37. The summed E-state index contributed by atoms with van der Waals surface area (Å²) in [6, 6.07) is 4.78. The third-order valence-electron chi connectivity index (χ3n) is 3.97. The summed E-state index contributed by atoms with van der Waals surface area (Å²) in [4.78, 5) is 23.7. The number of carbonyl (C=O) groups is 2. The van der Waals surface area contributed by atoms with Gasteiger partial charge in [-0.2, -0.15) is 0 Å². The van der Waals surface area contributed by atoms with E-state index in [4.69, 9.17) is 23.2 Å². The lowest BCUT2D eigenvalue weighted by molar-refractivity contribution is -0.153. The molecule has 0 aliphatic heterocycles. The van der Waals surface area contributed by atoms with Crippen molar-refractivity contribution in [3.63, 3.8) is 0 Å².